The van der Waals surface area contributed by atoms with E-state index < -0.39 is 23.8 Å². The molecule has 0 spiro atoms. The summed E-state index contributed by atoms with van der Waals surface area (Å²) in [6.45, 7) is 0. The summed E-state index contributed by atoms with van der Waals surface area (Å²) in [5, 5.41) is 8.52. The van der Waals surface area contributed by atoms with E-state index in [-0.39, 0.29) is 17.3 Å². The topological polar surface area (TPSA) is 120 Å². The van der Waals surface area contributed by atoms with Crippen molar-refractivity contribution in [3.05, 3.63) is 48.2 Å². The molecule has 4 rings (SSSR count). The molecule has 0 unspecified atom stereocenters. The molecule has 0 saturated heterocycles. The minimum Gasteiger partial charge on any atom is -0.475 e. The largest absolute Gasteiger partial charge is 0.490 e. The van der Waals surface area contributed by atoms with Crippen LogP contribution >= 0.6 is 0 Å². The lowest BCUT2D eigenvalue weighted by molar-refractivity contribution is -0.192. The summed E-state index contributed by atoms with van der Waals surface area (Å²) in [5.74, 6) is -3.52. The Balaban J connectivity index is 0.000000339. The SMILES string of the molecule is Cn1ccc2c3c(N)nc(N)nc3cc(-c3cc(F)ccc3F)c21.O=C(O)C(F)(F)F. The number of rotatable bonds is 1. The average molecular weight is 439 g/mol. The van der Waals surface area contributed by atoms with Crippen molar-refractivity contribution in [2.24, 2.45) is 7.05 Å². The van der Waals surface area contributed by atoms with Gasteiger partial charge in [-0.3, -0.25) is 0 Å². The molecule has 2 aromatic heterocycles. The Bertz CT molecular complexity index is 1320. The molecular weight excluding hydrogens is 425 g/mol. The number of carbonyl (C=O) groups is 1. The van der Waals surface area contributed by atoms with Gasteiger partial charge in [0.25, 0.3) is 0 Å². The van der Waals surface area contributed by atoms with E-state index >= 15 is 0 Å². The highest BCUT2D eigenvalue weighted by Gasteiger charge is 2.38. The minimum atomic E-state index is -5.08. The van der Waals surface area contributed by atoms with Gasteiger partial charge in [-0.2, -0.15) is 18.2 Å². The monoisotopic (exact) mass is 439 g/mol. The highest BCUT2D eigenvalue weighted by Crippen LogP contribution is 2.37. The Labute approximate surface area is 170 Å². The first-order valence-corrected chi connectivity index (χ1v) is 8.46. The maximum Gasteiger partial charge on any atom is 0.490 e. The van der Waals surface area contributed by atoms with E-state index in [2.05, 4.69) is 9.97 Å². The number of nitrogens with zero attached hydrogens (tertiary/aromatic N) is 3. The number of aromatic nitrogens is 3. The molecule has 0 atom stereocenters. The number of alkyl halides is 3. The van der Waals surface area contributed by atoms with E-state index in [1.165, 1.54) is 0 Å². The summed E-state index contributed by atoms with van der Waals surface area (Å²) in [7, 11) is 1.82. The molecule has 0 bridgehead atoms. The van der Waals surface area contributed by atoms with Gasteiger partial charge in [-0.15, -0.1) is 0 Å². The average Bonchev–Trinajstić information content (AvgIpc) is 3.04. The molecule has 0 radical (unpaired) electrons. The fraction of sp³-hybridized carbons (Fsp3) is 0.105. The van der Waals surface area contributed by atoms with Crippen LogP contribution in [-0.4, -0.2) is 31.8 Å². The quantitative estimate of drug-likeness (QED) is 0.388. The number of carboxylic acids is 1. The lowest BCUT2D eigenvalue weighted by Gasteiger charge is -2.12. The number of carboxylic acid groups (broad SMARTS) is 1. The van der Waals surface area contributed by atoms with Crippen molar-refractivity contribution in [3.63, 3.8) is 0 Å². The third kappa shape index (κ3) is 4.17. The molecule has 0 saturated carbocycles. The predicted molar refractivity (Wildman–Crippen MR) is 104 cm³/mol. The molecule has 2 heterocycles. The van der Waals surface area contributed by atoms with Crippen LogP contribution in [0.4, 0.5) is 33.7 Å². The molecule has 31 heavy (non-hydrogen) atoms. The first-order chi connectivity index (χ1) is 14.4. The molecule has 0 fully saturated rings. The summed E-state index contributed by atoms with van der Waals surface area (Å²) in [6, 6.07) is 6.85. The first kappa shape index (κ1) is 21.7. The molecule has 0 aliphatic rings. The third-order valence-electron chi connectivity index (χ3n) is 4.32. The van der Waals surface area contributed by atoms with E-state index in [0.29, 0.717) is 22.0 Å². The molecule has 162 valence electrons. The fourth-order valence-electron chi connectivity index (χ4n) is 3.08. The van der Waals surface area contributed by atoms with Gasteiger partial charge in [0.2, 0.25) is 5.95 Å². The van der Waals surface area contributed by atoms with Gasteiger partial charge in [-0.1, -0.05) is 0 Å². The zero-order valence-corrected chi connectivity index (χ0v) is 15.7. The minimum absolute atomic E-state index is 0.0287. The Hall–Kier alpha value is -3.96. The number of halogens is 5. The van der Waals surface area contributed by atoms with Gasteiger partial charge < -0.3 is 21.1 Å². The number of benzene rings is 2. The van der Waals surface area contributed by atoms with Crippen LogP contribution in [0.3, 0.4) is 0 Å². The molecular formula is C19H14F5N5O2. The number of anilines is 2. The van der Waals surface area contributed by atoms with Gasteiger partial charge in [-0.25, -0.2) is 18.6 Å². The molecule has 5 N–H and O–H groups in total. The van der Waals surface area contributed by atoms with Crippen LogP contribution in [0.1, 0.15) is 0 Å². The van der Waals surface area contributed by atoms with Gasteiger partial charge in [0.15, 0.2) is 0 Å². The molecule has 12 heteroatoms. The normalized spacial score (nSPS) is 11.4. The van der Waals surface area contributed by atoms with E-state index in [4.69, 9.17) is 21.4 Å². The Morgan fingerprint density at radius 3 is 2.32 bits per heavy atom. The second-order valence-electron chi connectivity index (χ2n) is 6.40. The number of hydrogen-bond donors (Lipinski definition) is 3. The summed E-state index contributed by atoms with van der Waals surface area (Å²) < 4.78 is 61.5. The van der Waals surface area contributed by atoms with Crippen molar-refractivity contribution in [2.45, 2.75) is 6.18 Å². The van der Waals surface area contributed by atoms with Gasteiger partial charge in [0.1, 0.15) is 17.5 Å². The molecule has 4 aromatic rings. The van der Waals surface area contributed by atoms with Crippen molar-refractivity contribution in [2.75, 3.05) is 11.5 Å². The van der Waals surface area contributed by atoms with Crippen LogP contribution in [0.15, 0.2) is 36.5 Å². The lowest BCUT2D eigenvalue weighted by atomic mass is 9.99. The maximum absolute atomic E-state index is 14.3. The van der Waals surface area contributed by atoms with E-state index in [0.717, 1.165) is 23.6 Å². The summed E-state index contributed by atoms with van der Waals surface area (Å²) in [6.07, 6.45) is -3.26. The summed E-state index contributed by atoms with van der Waals surface area (Å²) in [5.41, 5.74) is 13.5. The highest BCUT2D eigenvalue weighted by molar-refractivity contribution is 6.15. The van der Waals surface area contributed by atoms with Gasteiger partial charge in [0.05, 0.1) is 16.4 Å². The van der Waals surface area contributed by atoms with Crippen LogP contribution in [0.25, 0.3) is 32.9 Å². The van der Waals surface area contributed by atoms with E-state index in [9.17, 15) is 22.0 Å². The van der Waals surface area contributed by atoms with Crippen molar-refractivity contribution in [1.82, 2.24) is 14.5 Å². The van der Waals surface area contributed by atoms with Crippen molar-refractivity contribution in [1.29, 1.82) is 0 Å². The Morgan fingerprint density at radius 1 is 1.06 bits per heavy atom. The Morgan fingerprint density at radius 2 is 1.71 bits per heavy atom. The number of aliphatic carboxylic acids is 1. The number of nitrogen functional groups attached to an aromatic ring is 2. The van der Waals surface area contributed by atoms with Crippen molar-refractivity contribution < 1.29 is 31.9 Å². The van der Waals surface area contributed by atoms with E-state index in [1.54, 1.807) is 6.07 Å². The second-order valence-corrected chi connectivity index (χ2v) is 6.40. The van der Waals surface area contributed by atoms with Gasteiger partial charge >= 0.3 is 12.1 Å². The molecule has 7 nitrogen and oxygen atoms in total. The number of nitrogens with two attached hydrogens (primary N) is 2. The second kappa shape index (κ2) is 7.70. The van der Waals surface area contributed by atoms with E-state index in [1.807, 2.05) is 23.9 Å². The fourth-order valence-corrected chi connectivity index (χ4v) is 3.08. The molecule has 0 aliphatic carbocycles. The van der Waals surface area contributed by atoms with Crippen LogP contribution < -0.4 is 11.5 Å². The van der Waals surface area contributed by atoms with Gasteiger partial charge in [-0.05, 0) is 30.3 Å². The van der Waals surface area contributed by atoms with Crippen molar-refractivity contribution in [3.8, 4) is 11.1 Å². The lowest BCUT2D eigenvalue weighted by Crippen LogP contribution is -2.21. The predicted octanol–water partition coefficient (Wildman–Crippen LogP) is 3.86. The number of hydrogen-bond acceptors (Lipinski definition) is 5. The first-order valence-electron chi connectivity index (χ1n) is 8.46. The number of aryl methyl sites for hydroxylation is 1. The standard InChI is InChI=1S/C17H13F2N5.C2HF3O2/c1-24-5-4-9-14-13(22-17(21)23-16(14)20)7-11(15(9)24)10-6-8(18)2-3-12(10)19;3-2(4,5)1(6)7/h2-7H,1H3,(H4,20,21,22,23);(H,6,7). The van der Waals surface area contributed by atoms with Crippen LogP contribution in [0.5, 0.6) is 0 Å². The van der Waals surface area contributed by atoms with Crippen molar-refractivity contribution >= 4 is 39.5 Å². The van der Waals surface area contributed by atoms with Crippen LogP contribution in [-0.2, 0) is 11.8 Å². The molecule has 0 aliphatic heterocycles. The van der Waals surface area contributed by atoms with Crippen LogP contribution in [0, 0.1) is 11.6 Å². The Kier molecular flexibility index (Phi) is 5.40. The highest BCUT2D eigenvalue weighted by atomic mass is 19.4. The summed E-state index contributed by atoms with van der Waals surface area (Å²) >= 11 is 0. The molecule has 0 amide bonds. The maximum atomic E-state index is 14.3. The van der Waals surface area contributed by atoms with Crippen LogP contribution in [0.2, 0.25) is 0 Å². The molecule has 2 aromatic carbocycles. The summed E-state index contributed by atoms with van der Waals surface area (Å²) in [4.78, 5) is 17.1. The number of fused-ring (bicyclic) bond motifs is 3. The smallest absolute Gasteiger partial charge is 0.475 e. The zero-order chi connectivity index (χ0) is 23.1. The van der Waals surface area contributed by atoms with Gasteiger partial charge in [0, 0.05) is 29.8 Å². The zero-order valence-electron chi connectivity index (χ0n) is 15.7. The third-order valence-corrected chi connectivity index (χ3v) is 4.32.